The second-order valence-corrected chi connectivity index (χ2v) is 7.80. The number of nitrogens with zero attached hydrogens (tertiary/aromatic N) is 3. The first-order chi connectivity index (χ1) is 14.6. The maximum Gasteiger partial charge on any atom is 0.246 e. The first-order valence-corrected chi connectivity index (χ1v) is 10.2. The van der Waals surface area contributed by atoms with Crippen molar-refractivity contribution in [3.63, 3.8) is 0 Å². The number of halogens is 1. The van der Waals surface area contributed by atoms with E-state index in [-0.39, 0.29) is 24.2 Å². The zero-order chi connectivity index (χ0) is 20.9. The Balaban J connectivity index is 1.29. The van der Waals surface area contributed by atoms with Crippen LogP contribution in [0, 0.1) is 18.7 Å². The minimum atomic E-state index is -0.235. The molecule has 0 saturated carbocycles. The lowest BCUT2D eigenvalue weighted by atomic mass is 9.96. The molecule has 0 unspecified atom stereocenters. The van der Waals surface area contributed by atoms with Crippen LogP contribution >= 0.6 is 0 Å². The van der Waals surface area contributed by atoms with Crippen LogP contribution in [0.2, 0.25) is 0 Å². The van der Waals surface area contributed by atoms with Crippen molar-refractivity contribution >= 4 is 5.91 Å². The molecule has 1 aliphatic heterocycles. The standard InChI is InChI=1S/C23H25FN4O2/c1-16-4-8-18(9-5-16)22-26-21(30-27-22)13-25-23(29)19-3-2-12-28(15-19)14-17-6-10-20(24)11-7-17/h4-11,19H,2-3,12-15H2,1H3,(H,25,29)/t19-/m0/s1. The van der Waals surface area contributed by atoms with E-state index < -0.39 is 0 Å². The molecule has 4 rings (SSSR count). The van der Waals surface area contributed by atoms with E-state index in [2.05, 4.69) is 20.4 Å². The predicted octanol–water partition coefficient (Wildman–Crippen LogP) is 3.71. The van der Waals surface area contributed by atoms with Crippen molar-refractivity contribution in [2.24, 2.45) is 5.92 Å². The normalized spacial score (nSPS) is 17.1. The number of rotatable bonds is 6. The first-order valence-electron chi connectivity index (χ1n) is 10.2. The number of amides is 1. The lowest BCUT2D eigenvalue weighted by Crippen LogP contribution is -2.42. The van der Waals surface area contributed by atoms with E-state index in [1.165, 1.54) is 12.1 Å². The van der Waals surface area contributed by atoms with Gasteiger partial charge in [-0.25, -0.2) is 4.39 Å². The van der Waals surface area contributed by atoms with Gasteiger partial charge < -0.3 is 9.84 Å². The van der Waals surface area contributed by atoms with Crippen molar-refractivity contribution in [1.29, 1.82) is 0 Å². The molecule has 0 spiro atoms. The molecule has 6 nitrogen and oxygen atoms in total. The average molecular weight is 408 g/mol. The van der Waals surface area contributed by atoms with Gasteiger partial charge in [0, 0.05) is 18.7 Å². The van der Waals surface area contributed by atoms with Gasteiger partial charge in [-0.05, 0) is 44.0 Å². The molecule has 1 amide bonds. The van der Waals surface area contributed by atoms with E-state index in [0.717, 1.165) is 36.1 Å². The van der Waals surface area contributed by atoms with E-state index in [1.54, 1.807) is 12.1 Å². The van der Waals surface area contributed by atoms with Crippen LogP contribution in [0.4, 0.5) is 4.39 Å². The summed E-state index contributed by atoms with van der Waals surface area (Å²) in [6.07, 6.45) is 1.81. The molecule has 7 heteroatoms. The Kier molecular flexibility index (Phi) is 6.18. The molecule has 30 heavy (non-hydrogen) atoms. The second kappa shape index (κ2) is 9.17. The lowest BCUT2D eigenvalue weighted by Gasteiger charge is -2.31. The minimum Gasteiger partial charge on any atom is -0.347 e. The quantitative estimate of drug-likeness (QED) is 0.673. The van der Waals surface area contributed by atoms with Crippen LogP contribution < -0.4 is 5.32 Å². The van der Waals surface area contributed by atoms with Crippen LogP contribution in [-0.4, -0.2) is 34.0 Å². The zero-order valence-corrected chi connectivity index (χ0v) is 17.0. The minimum absolute atomic E-state index is 0.00566. The van der Waals surface area contributed by atoms with Gasteiger partial charge in [0.05, 0.1) is 12.5 Å². The van der Waals surface area contributed by atoms with Crippen LogP contribution in [0.15, 0.2) is 53.1 Å². The Morgan fingerprint density at radius 3 is 2.73 bits per heavy atom. The van der Waals surface area contributed by atoms with E-state index in [9.17, 15) is 9.18 Å². The highest BCUT2D eigenvalue weighted by molar-refractivity contribution is 5.78. The molecule has 1 saturated heterocycles. The second-order valence-electron chi connectivity index (χ2n) is 7.80. The molecule has 2 aromatic carbocycles. The molecular formula is C23H25FN4O2. The Hall–Kier alpha value is -3.06. The fourth-order valence-electron chi connectivity index (χ4n) is 3.71. The van der Waals surface area contributed by atoms with Gasteiger partial charge in [-0.3, -0.25) is 9.69 Å². The number of aromatic nitrogens is 2. The van der Waals surface area contributed by atoms with E-state index in [1.807, 2.05) is 31.2 Å². The SMILES string of the molecule is Cc1ccc(-c2noc(CNC(=O)[C@H]3CCCN(Cc4ccc(F)cc4)C3)n2)cc1. The maximum absolute atomic E-state index is 13.1. The summed E-state index contributed by atoms with van der Waals surface area (Å²) < 4.78 is 18.4. The van der Waals surface area contributed by atoms with Gasteiger partial charge in [-0.15, -0.1) is 0 Å². The topological polar surface area (TPSA) is 71.3 Å². The summed E-state index contributed by atoms with van der Waals surface area (Å²) in [6.45, 7) is 4.57. The summed E-state index contributed by atoms with van der Waals surface area (Å²) >= 11 is 0. The van der Waals surface area contributed by atoms with Gasteiger partial charge >= 0.3 is 0 Å². The van der Waals surface area contributed by atoms with Gasteiger partial charge in [-0.2, -0.15) is 4.98 Å². The van der Waals surface area contributed by atoms with Crippen LogP contribution in [0.25, 0.3) is 11.4 Å². The Labute approximate surface area is 175 Å². The summed E-state index contributed by atoms with van der Waals surface area (Å²) in [5.41, 5.74) is 3.09. The molecule has 0 bridgehead atoms. The number of piperidine rings is 1. The third-order valence-corrected chi connectivity index (χ3v) is 5.39. The van der Waals surface area contributed by atoms with E-state index >= 15 is 0 Å². The smallest absolute Gasteiger partial charge is 0.246 e. The van der Waals surface area contributed by atoms with Crippen molar-refractivity contribution in [2.75, 3.05) is 13.1 Å². The Bertz CT molecular complexity index is 985. The van der Waals surface area contributed by atoms with Gasteiger partial charge in [0.1, 0.15) is 5.82 Å². The fraction of sp³-hybridized carbons (Fsp3) is 0.348. The molecule has 1 N–H and O–H groups in total. The van der Waals surface area contributed by atoms with Crippen molar-refractivity contribution in [3.05, 3.63) is 71.4 Å². The highest BCUT2D eigenvalue weighted by Gasteiger charge is 2.26. The number of carbonyl (C=O) groups excluding carboxylic acids is 1. The van der Waals surface area contributed by atoms with Crippen LogP contribution in [0.5, 0.6) is 0 Å². The first kappa shape index (κ1) is 20.2. The van der Waals surface area contributed by atoms with Crippen LogP contribution in [0.3, 0.4) is 0 Å². The van der Waals surface area contributed by atoms with E-state index in [0.29, 0.717) is 24.8 Å². The molecule has 156 valence electrons. The van der Waals surface area contributed by atoms with Gasteiger partial charge in [0.25, 0.3) is 0 Å². The van der Waals surface area contributed by atoms with Crippen LogP contribution in [0.1, 0.15) is 29.9 Å². The summed E-state index contributed by atoms with van der Waals surface area (Å²) in [6, 6.07) is 14.4. The highest BCUT2D eigenvalue weighted by Crippen LogP contribution is 2.20. The maximum atomic E-state index is 13.1. The molecule has 1 aromatic heterocycles. The molecule has 1 fully saturated rings. The van der Waals surface area contributed by atoms with Crippen molar-refractivity contribution in [3.8, 4) is 11.4 Å². The highest BCUT2D eigenvalue weighted by atomic mass is 19.1. The van der Waals surface area contributed by atoms with Gasteiger partial charge in [-0.1, -0.05) is 47.1 Å². The number of carbonyl (C=O) groups is 1. The monoisotopic (exact) mass is 408 g/mol. The van der Waals surface area contributed by atoms with Gasteiger partial charge in [0.15, 0.2) is 0 Å². The average Bonchev–Trinajstić information content (AvgIpc) is 3.23. The van der Waals surface area contributed by atoms with E-state index in [4.69, 9.17) is 4.52 Å². The summed E-state index contributed by atoms with van der Waals surface area (Å²) in [5, 5.41) is 6.92. The molecule has 0 radical (unpaired) electrons. The number of hydrogen-bond donors (Lipinski definition) is 1. The molecular weight excluding hydrogens is 383 g/mol. The summed E-state index contributed by atoms with van der Waals surface area (Å²) in [7, 11) is 0. The molecule has 1 aliphatic rings. The largest absolute Gasteiger partial charge is 0.347 e. The Morgan fingerprint density at radius 1 is 1.20 bits per heavy atom. The fourth-order valence-corrected chi connectivity index (χ4v) is 3.71. The Morgan fingerprint density at radius 2 is 1.97 bits per heavy atom. The van der Waals surface area contributed by atoms with Gasteiger partial charge in [0.2, 0.25) is 17.6 Å². The van der Waals surface area contributed by atoms with Crippen LogP contribution in [-0.2, 0) is 17.9 Å². The number of benzene rings is 2. The number of aryl methyl sites for hydroxylation is 1. The number of hydrogen-bond acceptors (Lipinski definition) is 5. The molecule has 0 aliphatic carbocycles. The molecule has 1 atom stereocenters. The molecule has 2 heterocycles. The lowest BCUT2D eigenvalue weighted by molar-refractivity contribution is -0.127. The third-order valence-electron chi connectivity index (χ3n) is 5.39. The summed E-state index contributed by atoms with van der Waals surface area (Å²) in [4.78, 5) is 19.3. The van der Waals surface area contributed by atoms with Crippen molar-refractivity contribution < 1.29 is 13.7 Å². The zero-order valence-electron chi connectivity index (χ0n) is 17.0. The third kappa shape index (κ3) is 5.10. The predicted molar refractivity (Wildman–Crippen MR) is 111 cm³/mol. The molecule has 3 aromatic rings. The summed E-state index contributed by atoms with van der Waals surface area (Å²) in [5.74, 6) is 0.578. The number of nitrogens with one attached hydrogen (secondary N) is 1. The van der Waals surface area contributed by atoms with Crippen molar-refractivity contribution in [1.82, 2.24) is 20.4 Å². The number of likely N-dealkylation sites (tertiary alicyclic amines) is 1. The van der Waals surface area contributed by atoms with Crippen molar-refractivity contribution in [2.45, 2.75) is 32.9 Å².